The molecule has 2 aromatic rings. The lowest BCUT2D eigenvalue weighted by molar-refractivity contribution is -0.138. The standard InChI is InChI=1S/C17H20N4O2/c1-14(22)19-7-9-20(10-8-19)17(23)11-15-12-18-21(13-15)16-5-3-2-4-6-16/h2-6,12-13H,7-11H2,1H3. The zero-order chi connectivity index (χ0) is 16.2. The number of para-hydroxylation sites is 1. The molecule has 1 aromatic carbocycles. The van der Waals surface area contributed by atoms with Crippen LogP contribution in [0.1, 0.15) is 12.5 Å². The van der Waals surface area contributed by atoms with Gasteiger partial charge in [-0.1, -0.05) is 18.2 Å². The van der Waals surface area contributed by atoms with Crippen molar-refractivity contribution in [1.29, 1.82) is 0 Å². The van der Waals surface area contributed by atoms with Gasteiger partial charge in [0.25, 0.3) is 0 Å². The highest BCUT2D eigenvalue weighted by atomic mass is 16.2. The highest BCUT2D eigenvalue weighted by Gasteiger charge is 2.22. The van der Waals surface area contributed by atoms with E-state index in [1.807, 2.05) is 41.4 Å². The molecule has 1 aliphatic heterocycles. The van der Waals surface area contributed by atoms with E-state index in [0.29, 0.717) is 32.6 Å². The summed E-state index contributed by atoms with van der Waals surface area (Å²) >= 11 is 0. The number of hydrogen-bond donors (Lipinski definition) is 0. The molecule has 2 heterocycles. The molecule has 0 saturated carbocycles. The molecule has 0 aliphatic carbocycles. The number of hydrogen-bond acceptors (Lipinski definition) is 3. The Morgan fingerprint density at radius 3 is 2.35 bits per heavy atom. The van der Waals surface area contributed by atoms with E-state index in [-0.39, 0.29) is 11.8 Å². The Bertz CT molecular complexity index is 688. The van der Waals surface area contributed by atoms with Gasteiger partial charge in [-0.05, 0) is 17.7 Å². The van der Waals surface area contributed by atoms with Gasteiger partial charge in [-0.3, -0.25) is 9.59 Å². The molecule has 2 amide bonds. The molecule has 6 heteroatoms. The van der Waals surface area contributed by atoms with E-state index in [9.17, 15) is 9.59 Å². The van der Waals surface area contributed by atoms with Crippen LogP contribution in [0.5, 0.6) is 0 Å². The Morgan fingerprint density at radius 2 is 1.70 bits per heavy atom. The Kier molecular flexibility index (Phi) is 4.41. The molecule has 0 spiro atoms. The summed E-state index contributed by atoms with van der Waals surface area (Å²) in [5.41, 5.74) is 1.87. The molecule has 1 aliphatic rings. The molecule has 6 nitrogen and oxygen atoms in total. The van der Waals surface area contributed by atoms with Crippen LogP contribution in [0.3, 0.4) is 0 Å². The number of amides is 2. The Morgan fingerprint density at radius 1 is 1.04 bits per heavy atom. The van der Waals surface area contributed by atoms with Gasteiger partial charge in [0.05, 0.1) is 18.3 Å². The fourth-order valence-corrected chi connectivity index (χ4v) is 2.73. The van der Waals surface area contributed by atoms with Gasteiger partial charge in [0.2, 0.25) is 11.8 Å². The van der Waals surface area contributed by atoms with Gasteiger partial charge in [0.15, 0.2) is 0 Å². The van der Waals surface area contributed by atoms with E-state index in [2.05, 4.69) is 5.10 Å². The Hall–Kier alpha value is -2.63. The fourth-order valence-electron chi connectivity index (χ4n) is 2.73. The molecule has 0 unspecified atom stereocenters. The molecule has 3 rings (SSSR count). The quantitative estimate of drug-likeness (QED) is 0.853. The summed E-state index contributed by atoms with van der Waals surface area (Å²) in [7, 11) is 0. The number of carbonyl (C=O) groups is 2. The molecule has 1 aromatic heterocycles. The molecular formula is C17H20N4O2. The van der Waals surface area contributed by atoms with E-state index in [4.69, 9.17) is 0 Å². The predicted octanol–water partition coefficient (Wildman–Crippen LogP) is 1.11. The third-order valence-corrected chi connectivity index (χ3v) is 4.09. The van der Waals surface area contributed by atoms with Crippen molar-refractivity contribution in [2.45, 2.75) is 13.3 Å². The van der Waals surface area contributed by atoms with Gasteiger partial charge in [-0.15, -0.1) is 0 Å². The molecular weight excluding hydrogens is 292 g/mol. The molecule has 0 atom stereocenters. The van der Waals surface area contributed by atoms with Crippen molar-refractivity contribution in [2.24, 2.45) is 0 Å². The summed E-state index contributed by atoms with van der Waals surface area (Å²) in [6.45, 7) is 4.00. The second-order valence-electron chi connectivity index (χ2n) is 5.69. The normalized spacial score (nSPS) is 14.8. The van der Waals surface area contributed by atoms with Gasteiger partial charge in [0, 0.05) is 39.3 Å². The van der Waals surface area contributed by atoms with Crippen molar-refractivity contribution < 1.29 is 9.59 Å². The van der Waals surface area contributed by atoms with E-state index in [1.165, 1.54) is 0 Å². The van der Waals surface area contributed by atoms with E-state index in [0.717, 1.165) is 11.3 Å². The van der Waals surface area contributed by atoms with E-state index < -0.39 is 0 Å². The number of rotatable bonds is 3. The molecule has 0 radical (unpaired) electrons. The maximum absolute atomic E-state index is 12.4. The summed E-state index contributed by atoms with van der Waals surface area (Å²) in [5.74, 6) is 0.155. The molecule has 1 fully saturated rings. The lowest BCUT2D eigenvalue weighted by Gasteiger charge is -2.34. The van der Waals surface area contributed by atoms with Crippen LogP contribution < -0.4 is 0 Å². The van der Waals surface area contributed by atoms with E-state index >= 15 is 0 Å². The lowest BCUT2D eigenvalue weighted by Crippen LogP contribution is -2.50. The molecule has 1 saturated heterocycles. The van der Waals surface area contributed by atoms with Crippen molar-refractivity contribution >= 4 is 11.8 Å². The SMILES string of the molecule is CC(=O)N1CCN(C(=O)Cc2cnn(-c3ccccc3)c2)CC1. The number of nitrogens with zero attached hydrogens (tertiary/aromatic N) is 4. The van der Waals surface area contributed by atoms with Crippen molar-refractivity contribution in [1.82, 2.24) is 19.6 Å². The summed E-state index contributed by atoms with van der Waals surface area (Å²) in [6.07, 6.45) is 3.96. The Labute approximate surface area is 135 Å². The highest BCUT2D eigenvalue weighted by Crippen LogP contribution is 2.10. The minimum atomic E-state index is 0.0706. The van der Waals surface area contributed by atoms with Crippen LogP contribution in [0.25, 0.3) is 5.69 Å². The number of piperazine rings is 1. The van der Waals surface area contributed by atoms with Crippen molar-refractivity contribution in [2.75, 3.05) is 26.2 Å². The third-order valence-electron chi connectivity index (χ3n) is 4.09. The first-order valence-electron chi connectivity index (χ1n) is 7.76. The average molecular weight is 312 g/mol. The maximum atomic E-state index is 12.4. The van der Waals surface area contributed by atoms with Crippen LogP contribution in [0.2, 0.25) is 0 Å². The van der Waals surface area contributed by atoms with Crippen LogP contribution >= 0.6 is 0 Å². The van der Waals surface area contributed by atoms with Crippen LogP contribution in [-0.2, 0) is 16.0 Å². The first kappa shape index (κ1) is 15.3. The summed E-state index contributed by atoms with van der Waals surface area (Å²) in [5, 5.41) is 4.31. The summed E-state index contributed by atoms with van der Waals surface area (Å²) in [4.78, 5) is 27.3. The van der Waals surface area contributed by atoms with Crippen LogP contribution in [-0.4, -0.2) is 57.6 Å². The Balaban J connectivity index is 1.59. The molecule has 23 heavy (non-hydrogen) atoms. The lowest BCUT2D eigenvalue weighted by atomic mass is 10.2. The second-order valence-corrected chi connectivity index (χ2v) is 5.69. The number of benzene rings is 1. The van der Waals surface area contributed by atoms with Crippen molar-refractivity contribution in [3.63, 3.8) is 0 Å². The summed E-state index contributed by atoms with van der Waals surface area (Å²) in [6, 6.07) is 9.81. The second kappa shape index (κ2) is 6.64. The minimum absolute atomic E-state index is 0.0706. The smallest absolute Gasteiger partial charge is 0.227 e. The van der Waals surface area contributed by atoms with E-state index in [1.54, 1.807) is 22.7 Å². The van der Waals surface area contributed by atoms with Crippen molar-refractivity contribution in [3.8, 4) is 5.69 Å². The van der Waals surface area contributed by atoms with Gasteiger partial charge < -0.3 is 9.80 Å². The highest BCUT2D eigenvalue weighted by molar-refractivity contribution is 5.79. The van der Waals surface area contributed by atoms with Gasteiger partial charge in [-0.2, -0.15) is 5.10 Å². The summed E-state index contributed by atoms with van der Waals surface area (Å²) < 4.78 is 1.77. The van der Waals surface area contributed by atoms with Gasteiger partial charge in [0.1, 0.15) is 0 Å². The zero-order valence-corrected chi connectivity index (χ0v) is 13.2. The van der Waals surface area contributed by atoms with Crippen molar-refractivity contribution in [3.05, 3.63) is 48.3 Å². The van der Waals surface area contributed by atoms with Gasteiger partial charge in [-0.25, -0.2) is 4.68 Å². The topological polar surface area (TPSA) is 58.4 Å². The minimum Gasteiger partial charge on any atom is -0.339 e. The average Bonchev–Trinajstić information content (AvgIpc) is 3.04. The largest absolute Gasteiger partial charge is 0.339 e. The predicted molar refractivity (Wildman–Crippen MR) is 86.1 cm³/mol. The van der Waals surface area contributed by atoms with Crippen LogP contribution in [0, 0.1) is 0 Å². The molecule has 120 valence electrons. The first-order valence-corrected chi connectivity index (χ1v) is 7.76. The molecule has 0 bridgehead atoms. The number of aromatic nitrogens is 2. The van der Waals surface area contributed by atoms with Gasteiger partial charge >= 0.3 is 0 Å². The van der Waals surface area contributed by atoms with Crippen LogP contribution in [0.15, 0.2) is 42.7 Å². The zero-order valence-electron chi connectivity index (χ0n) is 13.2. The monoisotopic (exact) mass is 312 g/mol. The maximum Gasteiger partial charge on any atom is 0.227 e. The number of carbonyl (C=O) groups excluding carboxylic acids is 2. The first-order chi connectivity index (χ1) is 11.1. The third kappa shape index (κ3) is 3.59. The fraction of sp³-hybridized carbons (Fsp3) is 0.353. The van der Waals surface area contributed by atoms with Crippen LogP contribution in [0.4, 0.5) is 0 Å². The molecule has 0 N–H and O–H groups in total.